The molecule has 0 aliphatic carbocycles. The van der Waals surface area contributed by atoms with Crippen LogP contribution in [0, 0.1) is 5.41 Å². The monoisotopic (exact) mass is 201 g/mol. The summed E-state index contributed by atoms with van der Waals surface area (Å²) < 4.78 is 5.24. The van der Waals surface area contributed by atoms with Crippen molar-refractivity contribution in [1.29, 1.82) is 0 Å². The second kappa shape index (κ2) is 3.40. The number of hydrogen-bond acceptors (Lipinski definition) is 3. The number of nitrogens with zero attached hydrogens (tertiary/aromatic N) is 1. The van der Waals surface area contributed by atoms with Crippen molar-refractivity contribution in [1.82, 2.24) is 4.90 Å². The molecule has 1 atom stereocenters. The molecule has 0 aromatic heterocycles. The molecular weight excluding hydrogens is 186 g/mol. The van der Waals surface area contributed by atoms with Crippen molar-refractivity contribution >= 4 is 6.09 Å². The lowest BCUT2D eigenvalue weighted by atomic mass is 9.79. The predicted molar refractivity (Wildman–Crippen MR) is 47.8 cm³/mol. The number of aliphatic hydroxyl groups is 1. The minimum Gasteiger partial charge on any atom is -0.465 e. The van der Waals surface area contributed by atoms with E-state index >= 15 is 0 Å². The fraction of sp³-hybridized carbons (Fsp3) is 0.889. The Kier molecular flexibility index (Phi) is 2.36. The largest absolute Gasteiger partial charge is 0.465 e. The third-order valence-electron chi connectivity index (χ3n) is 3.28. The van der Waals surface area contributed by atoms with Crippen LogP contribution in [0.15, 0.2) is 0 Å². The molecule has 5 heteroatoms. The Morgan fingerprint density at radius 2 is 2.07 bits per heavy atom. The van der Waals surface area contributed by atoms with E-state index in [0.717, 1.165) is 17.7 Å². The highest BCUT2D eigenvalue weighted by Gasteiger charge is 2.45. The van der Waals surface area contributed by atoms with Crippen LogP contribution >= 0.6 is 0 Å². The lowest BCUT2D eigenvalue weighted by Crippen LogP contribution is -2.36. The van der Waals surface area contributed by atoms with E-state index in [0.29, 0.717) is 26.2 Å². The van der Waals surface area contributed by atoms with Crippen molar-refractivity contribution in [3.63, 3.8) is 0 Å². The van der Waals surface area contributed by atoms with E-state index in [1.165, 1.54) is 0 Å². The van der Waals surface area contributed by atoms with Gasteiger partial charge in [0.05, 0.1) is 0 Å². The summed E-state index contributed by atoms with van der Waals surface area (Å²) in [5, 5.41) is 18.4. The smallest absolute Gasteiger partial charge is 0.409 e. The van der Waals surface area contributed by atoms with Crippen LogP contribution in [-0.4, -0.2) is 47.2 Å². The summed E-state index contributed by atoms with van der Waals surface area (Å²) in [6, 6.07) is 0. The van der Waals surface area contributed by atoms with Gasteiger partial charge in [0.1, 0.15) is 6.23 Å². The maximum absolute atomic E-state index is 10.8. The van der Waals surface area contributed by atoms with Gasteiger partial charge in [0.2, 0.25) is 0 Å². The van der Waals surface area contributed by atoms with E-state index < -0.39 is 12.3 Å². The second-order valence-electron chi connectivity index (χ2n) is 4.21. The molecule has 2 fully saturated rings. The van der Waals surface area contributed by atoms with Crippen LogP contribution in [0.5, 0.6) is 0 Å². The van der Waals surface area contributed by atoms with Crippen LogP contribution in [0.1, 0.15) is 19.3 Å². The first-order valence-electron chi connectivity index (χ1n) is 4.88. The van der Waals surface area contributed by atoms with E-state index in [2.05, 4.69) is 0 Å². The van der Waals surface area contributed by atoms with E-state index in [1.807, 2.05) is 0 Å². The highest BCUT2D eigenvalue weighted by molar-refractivity contribution is 5.65. The summed E-state index contributed by atoms with van der Waals surface area (Å²) in [4.78, 5) is 11.9. The maximum atomic E-state index is 10.8. The first-order valence-corrected chi connectivity index (χ1v) is 4.88. The Balaban J connectivity index is 2.06. The Bertz CT molecular complexity index is 237. The molecule has 2 aliphatic heterocycles. The van der Waals surface area contributed by atoms with Gasteiger partial charge in [-0.1, -0.05) is 0 Å². The van der Waals surface area contributed by atoms with Crippen LogP contribution in [0.4, 0.5) is 4.79 Å². The third kappa shape index (κ3) is 1.57. The van der Waals surface area contributed by atoms with Crippen molar-refractivity contribution in [3.05, 3.63) is 0 Å². The molecule has 5 nitrogen and oxygen atoms in total. The van der Waals surface area contributed by atoms with E-state index in [-0.39, 0.29) is 5.41 Å². The minimum atomic E-state index is -1.03. The zero-order valence-corrected chi connectivity index (χ0v) is 7.98. The van der Waals surface area contributed by atoms with E-state index in [4.69, 9.17) is 9.84 Å². The molecule has 0 radical (unpaired) electrons. The second-order valence-corrected chi connectivity index (χ2v) is 4.21. The zero-order chi connectivity index (χ0) is 10.2. The number of hydrogen-bond donors (Lipinski definition) is 2. The van der Waals surface area contributed by atoms with Crippen molar-refractivity contribution in [2.45, 2.75) is 25.5 Å². The average Bonchev–Trinajstić information content (AvgIpc) is 2.44. The summed E-state index contributed by atoms with van der Waals surface area (Å²) in [5.74, 6) is 0. The molecule has 14 heavy (non-hydrogen) atoms. The summed E-state index contributed by atoms with van der Waals surface area (Å²) in [7, 11) is 0. The predicted octanol–water partition coefficient (Wildman–Crippen LogP) is 0.485. The molecule has 0 aromatic carbocycles. The SMILES string of the molecule is O=C(O)N1CC2(CCOCC2)CC1O. The van der Waals surface area contributed by atoms with Crippen LogP contribution in [0.3, 0.4) is 0 Å². The maximum Gasteiger partial charge on any atom is 0.409 e. The number of carboxylic acid groups (broad SMARTS) is 1. The molecule has 1 spiro atoms. The molecular formula is C9H15NO4. The normalized spacial score (nSPS) is 30.9. The van der Waals surface area contributed by atoms with Gasteiger partial charge in [0, 0.05) is 19.8 Å². The highest BCUT2D eigenvalue weighted by atomic mass is 16.5. The van der Waals surface area contributed by atoms with Crippen molar-refractivity contribution < 1.29 is 19.7 Å². The molecule has 1 unspecified atom stereocenters. The molecule has 0 bridgehead atoms. The van der Waals surface area contributed by atoms with E-state index in [9.17, 15) is 9.90 Å². The molecule has 2 saturated heterocycles. The Morgan fingerprint density at radius 3 is 2.57 bits per heavy atom. The van der Waals surface area contributed by atoms with Crippen molar-refractivity contribution in [3.8, 4) is 0 Å². The number of rotatable bonds is 0. The minimum absolute atomic E-state index is 0.0317. The van der Waals surface area contributed by atoms with Gasteiger partial charge in [-0.3, -0.25) is 4.90 Å². The molecule has 2 heterocycles. The molecule has 2 aliphatic rings. The fourth-order valence-corrected chi connectivity index (χ4v) is 2.39. The lowest BCUT2D eigenvalue weighted by molar-refractivity contribution is 0.0169. The molecule has 1 amide bonds. The van der Waals surface area contributed by atoms with Gasteiger partial charge in [-0.05, 0) is 24.7 Å². The van der Waals surface area contributed by atoms with Crippen molar-refractivity contribution in [2.24, 2.45) is 5.41 Å². The number of likely N-dealkylation sites (tertiary alicyclic amines) is 1. The van der Waals surface area contributed by atoms with E-state index in [1.54, 1.807) is 0 Å². The number of amides is 1. The number of ether oxygens (including phenoxy) is 1. The van der Waals surface area contributed by atoms with Crippen LogP contribution in [0.25, 0.3) is 0 Å². The average molecular weight is 201 g/mol. The van der Waals surface area contributed by atoms with Gasteiger partial charge in [0.25, 0.3) is 0 Å². The highest BCUT2D eigenvalue weighted by Crippen LogP contribution is 2.41. The summed E-state index contributed by atoms with van der Waals surface area (Å²) in [6.45, 7) is 1.81. The number of carbonyl (C=O) groups is 1. The fourth-order valence-electron chi connectivity index (χ4n) is 2.39. The Morgan fingerprint density at radius 1 is 1.43 bits per heavy atom. The van der Waals surface area contributed by atoms with Gasteiger partial charge >= 0.3 is 6.09 Å². The Hall–Kier alpha value is -0.810. The zero-order valence-electron chi connectivity index (χ0n) is 7.98. The van der Waals surface area contributed by atoms with Gasteiger partial charge < -0.3 is 14.9 Å². The first-order chi connectivity index (χ1) is 6.63. The van der Waals surface area contributed by atoms with Gasteiger partial charge in [-0.15, -0.1) is 0 Å². The molecule has 2 rings (SSSR count). The summed E-state index contributed by atoms with van der Waals surface area (Å²) in [5.41, 5.74) is -0.0317. The summed E-state index contributed by atoms with van der Waals surface area (Å²) >= 11 is 0. The third-order valence-corrected chi connectivity index (χ3v) is 3.28. The molecule has 0 saturated carbocycles. The quantitative estimate of drug-likeness (QED) is 0.598. The van der Waals surface area contributed by atoms with Crippen LogP contribution < -0.4 is 0 Å². The first kappa shape index (κ1) is 9.73. The standard InChI is InChI=1S/C9H15NO4/c11-7-5-9(1-3-14-4-2-9)6-10(7)8(12)13/h7,11H,1-6H2,(H,12,13). The van der Waals surface area contributed by atoms with Gasteiger partial charge in [-0.2, -0.15) is 0 Å². The molecule has 0 aromatic rings. The number of aliphatic hydroxyl groups excluding tert-OH is 1. The van der Waals surface area contributed by atoms with Gasteiger partial charge in [0.15, 0.2) is 0 Å². The summed E-state index contributed by atoms with van der Waals surface area (Å²) in [6.07, 6.45) is 0.413. The van der Waals surface area contributed by atoms with Crippen LogP contribution in [0.2, 0.25) is 0 Å². The lowest BCUT2D eigenvalue weighted by Gasteiger charge is -2.32. The van der Waals surface area contributed by atoms with Crippen LogP contribution in [-0.2, 0) is 4.74 Å². The molecule has 2 N–H and O–H groups in total. The Labute approximate surface area is 82.3 Å². The van der Waals surface area contributed by atoms with Crippen molar-refractivity contribution in [2.75, 3.05) is 19.8 Å². The topological polar surface area (TPSA) is 70.0 Å². The molecule has 80 valence electrons. The van der Waals surface area contributed by atoms with Gasteiger partial charge in [-0.25, -0.2) is 4.79 Å².